The Morgan fingerprint density at radius 1 is 1.12 bits per heavy atom. The second-order valence-electron chi connectivity index (χ2n) is 5.31. The van der Waals surface area contributed by atoms with Crippen LogP contribution >= 0.6 is 0 Å². The predicted molar refractivity (Wildman–Crippen MR) is 98.6 cm³/mol. The van der Waals surface area contributed by atoms with E-state index in [4.69, 9.17) is 9.47 Å². The first-order valence-electron chi connectivity index (χ1n) is 7.88. The van der Waals surface area contributed by atoms with Gasteiger partial charge in [0.1, 0.15) is 5.69 Å². The van der Waals surface area contributed by atoms with Crippen molar-refractivity contribution in [2.24, 2.45) is 5.10 Å². The highest BCUT2D eigenvalue weighted by Crippen LogP contribution is 2.29. The molecular formula is C19H18N4O3. The molecule has 1 amide bonds. The Labute approximate surface area is 150 Å². The molecule has 3 aromatic rings. The van der Waals surface area contributed by atoms with Crippen LogP contribution in [-0.4, -0.2) is 36.5 Å². The fourth-order valence-corrected chi connectivity index (χ4v) is 2.43. The zero-order chi connectivity index (χ0) is 18.4. The number of nitrogens with zero attached hydrogens (tertiary/aromatic N) is 2. The molecule has 0 saturated heterocycles. The number of amides is 1. The molecule has 2 N–H and O–H groups in total. The molecule has 0 bridgehead atoms. The number of hydrogen-bond acceptors (Lipinski definition) is 5. The molecular weight excluding hydrogens is 332 g/mol. The van der Waals surface area contributed by atoms with Gasteiger partial charge in [-0.2, -0.15) is 10.2 Å². The first kappa shape index (κ1) is 17.2. The number of carbonyl (C=O) groups excluding carboxylic acids is 1. The smallest absolute Gasteiger partial charge is 0.289 e. The maximum Gasteiger partial charge on any atom is 0.289 e. The molecule has 2 aromatic carbocycles. The summed E-state index contributed by atoms with van der Waals surface area (Å²) in [5.74, 6) is 0.738. The van der Waals surface area contributed by atoms with Crippen LogP contribution < -0.4 is 14.9 Å². The number of ether oxygens (including phenoxy) is 2. The third-order valence-corrected chi connectivity index (χ3v) is 3.70. The Bertz CT molecular complexity index is 920. The van der Waals surface area contributed by atoms with Crippen molar-refractivity contribution in [2.45, 2.75) is 0 Å². The van der Waals surface area contributed by atoms with Crippen LogP contribution in [0.5, 0.6) is 11.5 Å². The van der Waals surface area contributed by atoms with Gasteiger partial charge in [-0.25, -0.2) is 5.43 Å². The number of aromatic amines is 1. The molecule has 0 saturated carbocycles. The quantitative estimate of drug-likeness (QED) is 0.528. The van der Waals surface area contributed by atoms with Crippen molar-refractivity contribution >= 4 is 12.1 Å². The Morgan fingerprint density at radius 3 is 2.65 bits per heavy atom. The standard InChI is InChI=1S/C19H18N4O3/c1-25-17-10-6-9-14(18(17)26-2)12-20-23-19(24)16-11-15(21-22-16)13-7-4-3-5-8-13/h3-12H,1-2H3,(H,21,22)(H,23,24)/b20-12+. The fourth-order valence-electron chi connectivity index (χ4n) is 2.43. The third kappa shape index (κ3) is 3.72. The molecule has 0 radical (unpaired) electrons. The summed E-state index contributed by atoms with van der Waals surface area (Å²) in [5.41, 5.74) is 5.08. The highest BCUT2D eigenvalue weighted by molar-refractivity contribution is 5.94. The van der Waals surface area contributed by atoms with Gasteiger partial charge in [0.2, 0.25) is 0 Å². The van der Waals surface area contributed by atoms with Crippen LogP contribution in [0.15, 0.2) is 59.7 Å². The van der Waals surface area contributed by atoms with Crippen LogP contribution in [0.1, 0.15) is 16.1 Å². The molecule has 0 unspecified atom stereocenters. The Balaban J connectivity index is 1.70. The molecule has 7 nitrogen and oxygen atoms in total. The fraction of sp³-hybridized carbons (Fsp3) is 0.105. The van der Waals surface area contributed by atoms with Gasteiger partial charge < -0.3 is 9.47 Å². The highest BCUT2D eigenvalue weighted by Gasteiger charge is 2.11. The van der Waals surface area contributed by atoms with E-state index in [0.717, 1.165) is 5.56 Å². The maximum atomic E-state index is 12.2. The van der Waals surface area contributed by atoms with Crippen LogP contribution in [0.3, 0.4) is 0 Å². The Hall–Kier alpha value is -3.61. The number of aromatic nitrogens is 2. The average Bonchev–Trinajstić information content (AvgIpc) is 3.18. The van der Waals surface area contributed by atoms with E-state index in [9.17, 15) is 4.79 Å². The largest absolute Gasteiger partial charge is 0.493 e. The van der Waals surface area contributed by atoms with Crippen LogP contribution in [0.25, 0.3) is 11.3 Å². The topological polar surface area (TPSA) is 88.6 Å². The van der Waals surface area contributed by atoms with Crippen LogP contribution in [0.4, 0.5) is 0 Å². The van der Waals surface area contributed by atoms with Crippen molar-refractivity contribution in [3.8, 4) is 22.8 Å². The summed E-state index contributed by atoms with van der Waals surface area (Å²) in [5, 5.41) is 10.8. The van der Waals surface area contributed by atoms with Gasteiger partial charge in [0.25, 0.3) is 5.91 Å². The van der Waals surface area contributed by atoms with Gasteiger partial charge in [-0.3, -0.25) is 9.89 Å². The van der Waals surface area contributed by atoms with Crippen molar-refractivity contribution in [1.82, 2.24) is 15.6 Å². The van der Waals surface area contributed by atoms with E-state index in [1.165, 1.54) is 6.21 Å². The van der Waals surface area contributed by atoms with Gasteiger partial charge in [-0.1, -0.05) is 36.4 Å². The zero-order valence-electron chi connectivity index (χ0n) is 14.4. The molecule has 0 atom stereocenters. The summed E-state index contributed by atoms with van der Waals surface area (Å²) < 4.78 is 10.5. The molecule has 7 heteroatoms. The lowest BCUT2D eigenvalue weighted by Crippen LogP contribution is -2.18. The average molecular weight is 350 g/mol. The van der Waals surface area contributed by atoms with Gasteiger partial charge >= 0.3 is 0 Å². The summed E-state index contributed by atoms with van der Waals surface area (Å²) in [6.07, 6.45) is 1.49. The van der Waals surface area contributed by atoms with E-state index in [1.54, 1.807) is 32.4 Å². The van der Waals surface area contributed by atoms with Gasteiger partial charge in [-0.15, -0.1) is 0 Å². The lowest BCUT2D eigenvalue weighted by Gasteiger charge is -2.09. The van der Waals surface area contributed by atoms with Crippen LogP contribution in [0.2, 0.25) is 0 Å². The summed E-state index contributed by atoms with van der Waals surface area (Å²) in [4.78, 5) is 12.2. The van der Waals surface area contributed by atoms with Crippen molar-refractivity contribution in [1.29, 1.82) is 0 Å². The maximum absolute atomic E-state index is 12.2. The van der Waals surface area contributed by atoms with Gasteiger partial charge in [0.05, 0.1) is 26.1 Å². The van der Waals surface area contributed by atoms with E-state index in [2.05, 4.69) is 20.7 Å². The van der Waals surface area contributed by atoms with Crippen molar-refractivity contribution in [3.63, 3.8) is 0 Å². The molecule has 26 heavy (non-hydrogen) atoms. The third-order valence-electron chi connectivity index (χ3n) is 3.70. The molecule has 0 aliphatic rings. The first-order chi connectivity index (χ1) is 12.7. The number of H-pyrrole nitrogens is 1. The Kier molecular flexibility index (Phi) is 5.28. The molecule has 1 heterocycles. The number of benzene rings is 2. The normalized spacial score (nSPS) is 10.7. The van der Waals surface area contributed by atoms with E-state index < -0.39 is 5.91 Å². The number of para-hydroxylation sites is 1. The number of hydrazone groups is 1. The SMILES string of the molecule is COc1cccc(/C=N/NC(=O)c2cc(-c3ccccc3)n[nH]2)c1OC. The summed E-state index contributed by atoms with van der Waals surface area (Å²) in [6.45, 7) is 0. The van der Waals surface area contributed by atoms with Gasteiger partial charge in [0, 0.05) is 11.1 Å². The lowest BCUT2D eigenvalue weighted by atomic mass is 10.1. The molecule has 1 aromatic heterocycles. The number of carbonyl (C=O) groups is 1. The number of nitrogens with one attached hydrogen (secondary N) is 2. The van der Waals surface area contributed by atoms with Crippen molar-refractivity contribution in [2.75, 3.05) is 14.2 Å². The number of rotatable bonds is 6. The number of methoxy groups -OCH3 is 2. The summed E-state index contributed by atoms with van der Waals surface area (Å²) >= 11 is 0. The van der Waals surface area contributed by atoms with Gasteiger partial charge in [-0.05, 0) is 18.2 Å². The van der Waals surface area contributed by atoms with E-state index in [-0.39, 0.29) is 0 Å². The van der Waals surface area contributed by atoms with Gasteiger partial charge in [0.15, 0.2) is 11.5 Å². The zero-order valence-corrected chi connectivity index (χ0v) is 14.4. The second kappa shape index (κ2) is 7.98. The monoisotopic (exact) mass is 350 g/mol. The minimum atomic E-state index is -0.391. The van der Waals surface area contributed by atoms with E-state index in [0.29, 0.717) is 28.5 Å². The molecule has 0 spiro atoms. The predicted octanol–water partition coefficient (Wildman–Crippen LogP) is 2.86. The lowest BCUT2D eigenvalue weighted by molar-refractivity contribution is 0.0950. The summed E-state index contributed by atoms with van der Waals surface area (Å²) in [7, 11) is 3.10. The van der Waals surface area contributed by atoms with E-state index >= 15 is 0 Å². The van der Waals surface area contributed by atoms with Crippen LogP contribution in [-0.2, 0) is 0 Å². The van der Waals surface area contributed by atoms with Crippen molar-refractivity contribution < 1.29 is 14.3 Å². The molecule has 3 rings (SSSR count). The second-order valence-corrected chi connectivity index (χ2v) is 5.31. The molecule has 132 valence electrons. The highest BCUT2D eigenvalue weighted by atomic mass is 16.5. The van der Waals surface area contributed by atoms with E-state index in [1.807, 2.05) is 36.4 Å². The minimum absolute atomic E-state index is 0.318. The summed E-state index contributed by atoms with van der Waals surface area (Å²) in [6, 6.07) is 16.7. The first-order valence-corrected chi connectivity index (χ1v) is 7.88. The molecule has 0 fully saturated rings. The molecule has 0 aliphatic heterocycles. The number of hydrogen-bond donors (Lipinski definition) is 2. The molecule has 0 aliphatic carbocycles. The Morgan fingerprint density at radius 2 is 1.92 bits per heavy atom. The van der Waals surface area contributed by atoms with Crippen molar-refractivity contribution in [3.05, 3.63) is 65.9 Å². The van der Waals surface area contributed by atoms with Crippen LogP contribution in [0, 0.1) is 0 Å². The minimum Gasteiger partial charge on any atom is -0.493 e.